The molecule has 4 heteroatoms. The lowest BCUT2D eigenvalue weighted by Gasteiger charge is -2.19. The van der Waals surface area contributed by atoms with E-state index in [2.05, 4.69) is 36.3 Å². The third kappa shape index (κ3) is 4.09. The Morgan fingerprint density at radius 2 is 1.94 bits per heavy atom. The fourth-order valence-electron chi connectivity index (χ4n) is 2.41. The van der Waals surface area contributed by atoms with E-state index in [1.54, 1.807) is 0 Å². The van der Waals surface area contributed by atoms with E-state index in [1.807, 2.05) is 0 Å². The van der Waals surface area contributed by atoms with Gasteiger partial charge in [-0.15, -0.1) is 10.2 Å². The lowest BCUT2D eigenvalue weighted by Crippen LogP contribution is -2.36. The molecule has 1 heterocycles. The van der Waals surface area contributed by atoms with E-state index in [4.69, 9.17) is 4.42 Å². The molecule has 18 heavy (non-hydrogen) atoms. The Balaban J connectivity index is 1.73. The van der Waals surface area contributed by atoms with Crippen LogP contribution in [0, 0.1) is 0 Å². The first-order valence-corrected chi connectivity index (χ1v) is 7.12. The Bertz CT molecular complexity index is 361. The van der Waals surface area contributed by atoms with Gasteiger partial charge in [0.1, 0.15) is 0 Å². The zero-order chi connectivity index (χ0) is 13.0. The molecule has 0 bridgehead atoms. The van der Waals surface area contributed by atoms with Gasteiger partial charge >= 0.3 is 0 Å². The average molecular weight is 251 g/mol. The molecule has 1 aromatic heterocycles. The molecule has 1 saturated carbocycles. The molecule has 1 N–H and O–H groups in total. The molecule has 0 aliphatic heterocycles. The van der Waals surface area contributed by atoms with Crippen molar-refractivity contribution in [2.75, 3.05) is 6.54 Å². The van der Waals surface area contributed by atoms with Crippen LogP contribution >= 0.6 is 0 Å². The third-order valence-electron chi connectivity index (χ3n) is 3.41. The van der Waals surface area contributed by atoms with Crippen LogP contribution in [0.5, 0.6) is 0 Å². The minimum Gasteiger partial charge on any atom is -0.425 e. The summed E-state index contributed by atoms with van der Waals surface area (Å²) in [6.07, 6.45) is 6.96. The van der Waals surface area contributed by atoms with Gasteiger partial charge in [0.25, 0.3) is 0 Å². The van der Waals surface area contributed by atoms with Gasteiger partial charge in [0.15, 0.2) is 0 Å². The maximum atomic E-state index is 5.75. The third-order valence-corrected chi connectivity index (χ3v) is 3.41. The fraction of sp³-hybridized carbons (Fsp3) is 0.857. The van der Waals surface area contributed by atoms with Gasteiger partial charge in [-0.2, -0.15) is 0 Å². The standard InChI is InChI=1S/C14H25N3O/c1-14(2,3)15-10-6-9-12-16-17-13(18-12)11-7-4-5-8-11/h11,15H,4-10H2,1-3H3. The topological polar surface area (TPSA) is 51.0 Å². The molecule has 1 aliphatic carbocycles. The summed E-state index contributed by atoms with van der Waals surface area (Å²) in [6.45, 7) is 7.53. The first-order chi connectivity index (χ1) is 8.54. The van der Waals surface area contributed by atoms with Crippen molar-refractivity contribution in [3.63, 3.8) is 0 Å². The number of aromatic nitrogens is 2. The SMILES string of the molecule is CC(C)(C)NCCCc1nnc(C2CCCC2)o1. The highest BCUT2D eigenvalue weighted by molar-refractivity contribution is 4.94. The maximum absolute atomic E-state index is 5.75. The smallest absolute Gasteiger partial charge is 0.219 e. The van der Waals surface area contributed by atoms with Gasteiger partial charge < -0.3 is 9.73 Å². The predicted octanol–water partition coefficient (Wildman–Crippen LogP) is 3.05. The molecular weight excluding hydrogens is 226 g/mol. The number of hydrogen-bond acceptors (Lipinski definition) is 4. The zero-order valence-corrected chi connectivity index (χ0v) is 11.8. The Morgan fingerprint density at radius 1 is 1.22 bits per heavy atom. The molecule has 1 aliphatic rings. The first kappa shape index (κ1) is 13.5. The van der Waals surface area contributed by atoms with E-state index in [0.29, 0.717) is 5.92 Å². The van der Waals surface area contributed by atoms with Crippen molar-refractivity contribution in [3.8, 4) is 0 Å². The number of hydrogen-bond donors (Lipinski definition) is 1. The van der Waals surface area contributed by atoms with Crippen LogP contribution in [-0.4, -0.2) is 22.3 Å². The Labute approximate surface area is 110 Å². The van der Waals surface area contributed by atoms with Crippen molar-refractivity contribution in [3.05, 3.63) is 11.8 Å². The number of aryl methyl sites for hydroxylation is 1. The van der Waals surface area contributed by atoms with Crippen LogP contribution in [0.1, 0.15) is 70.6 Å². The highest BCUT2D eigenvalue weighted by Crippen LogP contribution is 2.33. The lowest BCUT2D eigenvalue weighted by molar-refractivity contribution is 0.394. The van der Waals surface area contributed by atoms with Crippen LogP contribution in [-0.2, 0) is 6.42 Å². The molecule has 0 radical (unpaired) electrons. The molecule has 0 amide bonds. The molecular formula is C14H25N3O. The monoisotopic (exact) mass is 251 g/mol. The first-order valence-electron chi connectivity index (χ1n) is 7.12. The van der Waals surface area contributed by atoms with Gasteiger partial charge in [-0.1, -0.05) is 12.8 Å². The van der Waals surface area contributed by atoms with Crippen molar-refractivity contribution < 1.29 is 4.42 Å². The van der Waals surface area contributed by atoms with Crippen molar-refractivity contribution in [1.82, 2.24) is 15.5 Å². The molecule has 0 aromatic carbocycles. The Morgan fingerprint density at radius 3 is 2.61 bits per heavy atom. The van der Waals surface area contributed by atoms with Crippen LogP contribution < -0.4 is 5.32 Å². The summed E-state index contributed by atoms with van der Waals surface area (Å²) in [7, 11) is 0. The Kier molecular flexibility index (Phi) is 4.38. The second-order valence-electron chi connectivity index (χ2n) is 6.30. The van der Waals surface area contributed by atoms with Gasteiger partial charge in [-0.25, -0.2) is 0 Å². The van der Waals surface area contributed by atoms with Crippen molar-refractivity contribution in [2.45, 2.75) is 70.8 Å². The number of rotatable bonds is 5. The second kappa shape index (κ2) is 5.83. The molecule has 0 saturated heterocycles. The van der Waals surface area contributed by atoms with Crippen LogP contribution in [0.15, 0.2) is 4.42 Å². The van der Waals surface area contributed by atoms with Crippen molar-refractivity contribution in [2.24, 2.45) is 0 Å². The summed E-state index contributed by atoms with van der Waals surface area (Å²) in [4.78, 5) is 0. The minimum atomic E-state index is 0.184. The van der Waals surface area contributed by atoms with Gasteiger partial charge in [0.05, 0.1) is 0 Å². The van der Waals surface area contributed by atoms with Gasteiger partial charge in [-0.05, 0) is 46.6 Å². The molecule has 102 valence electrons. The molecule has 0 unspecified atom stereocenters. The summed E-state index contributed by atoms with van der Waals surface area (Å²) < 4.78 is 5.75. The highest BCUT2D eigenvalue weighted by atomic mass is 16.4. The van der Waals surface area contributed by atoms with Crippen LogP contribution in [0.2, 0.25) is 0 Å². The van der Waals surface area contributed by atoms with E-state index in [9.17, 15) is 0 Å². The summed E-state index contributed by atoms with van der Waals surface area (Å²) in [6, 6.07) is 0. The van der Waals surface area contributed by atoms with E-state index >= 15 is 0 Å². The molecule has 1 fully saturated rings. The molecule has 1 aromatic rings. The van der Waals surface area contributed by atoms with Crippen LogP contribution in [0.25, 0.3) is 0 Å². The Hall–Kier alpha value is -0.900. The second-order valence-corrected chi connectivity index (χ2v) is 6.30. The summed E-state index contributed by atoms with van der Waals surface area (Å²) in [5, 5.41) is 11.8. The highest BCUT2D eigenvalue weighted by Gasteiger charge is 2.22. The molecule has 0 spiro atoms. The number of nitrogens with one attached hydrogen (secondary N) is 1. The molecule has 4 nitrogen and oxygen atoms in total. The van der Waals surface area contributed by atoms with Gasteiger partial charge in [-0.3, -0.25) is 0 Å². The summed E-state index contributed by atoms with van der Waals surface area (Å²) in [5.74, 6) is 2.19. The van der Waals surface area contributed by atoms with Gasteiger partial charge in [0, 0.05) is 17.9 Å². The summed E-state index contributed by atoms with van der Waals surface area (Å²) in [5.41, 5.74) is 0.184. The fourth-order valence-corrected chi connectivity index (χ4v) is 2.41. The van der Waals surface area contributed by atoms with Crippen LogP contribution in [0.4, 0.5) is 0 Å². The van der Waals surface area contributed by atoms with E-state index in [1.165, 1.54) is 25.7 Å². The molecule has 0 atom stereocenters. The molecule has 2 rings (SSSR count). The quantitative estimate of drug-likeness (QED) is 0.817. The minimum absolute atomic E-state index is 0.184. The van der Waals surface area contributed by atoms with Crippen molar-refractivity contribution >= 4 is 0 Å². The van der Waals surface area contributed by atoms with E-state index in [-0.39, 0.29) is 5.54 Å². The van der Waals surface area contributed by atoms with Crippen LogP contribution in [0.3, 0.4) is 0 Å². The lowest BCUT2D eigenvalue weighted by atomic mass is 10.1. The largest absolute Gasteiger partial charge is 0.425 e. The van der Waals surface area contributed by atoms with Crippen molar-refractivity contribution in [1.29, 1.82) is 0 Å². The number of nitrogens with zero attached hydrogens (tertiary/aromatic N) is 2. The zero-order valence-electron chi connectivity index (χ0n) is 11.8. The van der Waals surface area contributed by atoms with E-state index in [0.717, 1.165) is 31.2 Å². The average Bonchev–Trinajstić information content (AvgIpc) is 2.93. The predicted molar refractivity (Wildman–Crippen MR) is 71.6 cm³/mol. The van der Waals surface area contributed by atoms with Gasteiger partial charge in [0.2, 0.25) is 11.8 Å². The summed E-state index contributed by atoms with van der Waals surface area (Å²) >= 11 is 0. The van der Waals surface area contributed by atoms with E-state index < -0.39 is 0 Å². The maximum Gasteiger partial charge on any atom is 0.219 e. The normalized spacial score (nSPS) is 17.5.